The molecule has 0 amide bonds. The van der Waals surface area contributed by atoms with Crippen LogP contribution >= 0.6 is 11.6 Å². The van der Waals surface area contributed by atoms with Gasteiger partial charge in [0.15, 0.2) is 5.52 Å². The molecule has 3 aromatic rings. The van der Waals surface area contributed by atoms with Crippen molar-refractivity contribution in [2.24, 2.45) is 0 Å². The normalized spacial score (nSPS) is 10.8. The molecule has 0 fully saturated rings. The lowest BCUT2D eigenvalue weighted by Gasteiger charge is -2.06. The van der Waals surface area contributed by atoms with Gasteiger partial charge in [-0.3, -0.25) is 10.1 Å². The summed E-state index contributed by atoms with van der Waals surface area (Å²) in [6.07, 6.45) is 0.754. The van der Waals surface area contributed by atoms with Crippen molar-refractivity contribution in [2.45, 2.75) is 6.42 Å². The third kappa shape index (κ3) is 2.84. The predicted octanol–water partition coefficient (Wildman–Crippen LogP) is 3.44. The number of nitro groups is 1. The third-order valence-corrected chi connectivity index (χ3v) is 3.44. The van der Waals surface area contributed by atoms with Crippen LogP contribution in [0.5, 0.6) is 0 Å². The van der Waals surface area contributed by atoms with Crippen LogP contribution in [0.15, 0.2) is 41.0 Å². The van der Waals surface area contributed by atoms with Crippen molar-refractivity contribution < 1.29 is 9.55 Å². The monoisotopic (exact) mass is 318 g/mol. The second-order valence-electron chi connectivity index (χ2n) is 4.66. The second kappa shape index (κ2) is 5.98. The maximum Gasteiger partial charge on any atom is 0.300 e. The fourth-order valence-corrected chi connectivity index (χ4v) is 2.39. The summed E-state index contributed by atoms with van der Waals surface area (Å²) in [5.74, 6) is 0. The lowest BCUT2D eigenvalue weighted by molar-refractivity contribution is -0.383. The number of non-ortho nitro benzene ring substituents is 1. The first kappa shape index (κ1) is 14.3. The summed E-state index contributed by atoms with van der Waals surface area (Å²) in [7, 11) is 0. The van der Waals surface area contributed by atoms with Crippen molar-refractivity contribution in [3.8, 4) is 0 Å². The van der Waals surface area contributed by atoms with E-state index in [1.165, 1.54) is 6.07 Å². The molecule has 0 aliphatic carbocycles. The zero-order valence-electron chi connectivity index (χ0n) is 11.3. The first-order chi connectivity index (χ1) is 10.6. The summed E-state index contributed by atoms with van der Waals surface area (Å²) < 4.78 is 4.61. The van der Waals surface area contributed by atoms with E-state index in [4.69, 9.17) is 11.6 Å². The van der Waals surface area contributed by atoms with Crippen LogP contribution in [0.3, 0.4) is 0 Å². The number of hydrogen-bond acceptors (Lipinski definition) is 6. The summed E-state index contributed by atoms with van der Waals surface area (Å²) in [5, 5.41) is 22.1. The number of anilines is 1. The SMILES string of the molecule is O=[N+]([O-])c1ccc(NCCc2cccc(Cl)c2)c2nonc12. The molecule has 0 atom stereocenters. The van der Waals surface area contributed by atoms with Crippen molar-refractivity contribution in [3.05, 3.63) is 57.1 Å². The van der Waals surface area contributed by atoms with Crippen LogP contribution in [0.1, 0.15) is 5.56 Å². The van der Waals surface area contributed by atoms with Gasteiger partial charge in [-0.1, -0.05) is 23.7 Å². The molecule has 0 spiro atoms. The van der Waals surface area contributed by atoms with E-state index in [-0.39, 0.29) is 11.2 Å². The Bertz CT molecular complexity index is 834. The van der Waals surface area contributed by atoms with Crippen LogP contribution in [0, 0.1) is 10.1 Å². The van der Waals surface area contributed by atoms with Crippen LogP contribution in [-0.2, 0) is 6.42 Å². The van der Waals surface area contributed by atoms with E-state index < -0.39 is 4.92 Å². The highest BCUT2D eigenvalue weighted by Gasteiger charge is 2.19. The molecule has 8 heteroatoms. The van der Waals surface area contributed by atoms with Gasteiger partial charge in [-0.2, -0.15) is 0 Å². The fourth-order valence-electron chi connectivity index (χ4n) is 2.18. The van der Waals surface area contributed by atoms with Gasteiger partial charge < -0.3 is 5.32 Å². The van der Waals surface area contributed by atoms with Gasteiger partial charge in [0.25, 0.3) is 0 Å². The highest BCUT2D eigenvalue weighted by atomic mass is 35.5. The number of hydrogen-bond donors (Lipinski definition) is 1. The van der Waals surface area contributed by atoms with Crippen LogP contribution in [0.4, 0.5) is 11.4 Å². The van der Waals surface area contributed by atoms with Gasteiger partial charge in [0.05, 0.1) is 10.6 Å². The Morgan fingerprint density at radius 2 is 2.05 bits per heavy atom. The Morgan fingerprint density at radius 1 is 1.23 bits per heavy atom. The molecule has 0 aliphatic rings. The highest BCUT2D eigenvalue weighted by molar-refractivity contribution is 6.30. The largest absolute Gasteiger partial charge is 0.383 e. The molecule has 0 bridgehead atoms. The van der Waals surface area contributed by atoms with E-state index in [9.17, 15) is 10.1 Å². The van der Waals surface area contributed by atoms with E-state index in [0.717, 1.165) is 12.0 Å². The highest BCUT2D eigenvalue weighted by Crippen LogP contribution is 2.28. The molecule has 1 aromatic heterocycles. The van der Waals surface area contributed by atoms with Gasteiger partial charge in [-0.05, 0) is 40.5 Å². The van der Waals surface area contributed by atoms with Crippen LogP contribution in [0.2, 0.25) is 5.02 Å². The van der Waals surface area contributed by atoms with Gasteiger partial charge in [0.1, 0.15) is 0 Å². The molecule has 0 unspecified atom stereocenters. The van der Waals surface area contributed by atoms with Gasteiger partial charge in [0, 0.05) is 17.6 Å². The van der Waals surface area contributed by atoms with Crippen molar-refractivity contribution >= 4 is 34.0 Å². The Kier molecular flexibility index (Phi) is 3.88. The van der Waals surface area contributed by atoms with E-state index in [0.29, 0.717) is 22.8 Å². The first-order valence-electron chi connectivity index (χ1n) is 6.53. The van der Waals surface area contributed by atoms with E-state index in [1.54, 1.807) is 6.07 Å². The minimum Gasteiger partial charge on any atom is -0.383 e. The van der Waals surface area contributed by atoms with Gasteiger partial charge >= 0.3 is 5.69 Å². The quantitative estimate of drug-likeness (QED) is 0.572. The van der Waals surface area contributed by atoms with Crippen molar-refractivity contribution in [2.75, 3.05) is 11.9 Å². The third-order valence-electron chi connectivity index (χ3n) is 3.21. The predicted molar refractivity (Wildman–Crippen MR) is 82.1 cm³/mol. The Balaban J connectivity index is 1.76. The standard InChI is InChI=1S/C14H11ClN4O3/c15-10-3-1-2-9(8-10)6-7-16-11-4-5-12(19(20)21)14-13(11)17-22-18-14/h1-5,8,16H,6-7H2. The lowest BCUT2D eigenvalue weighted by Crippen LogP contribution is -2.05. The Hall–Kier alpha value is -2.67. The topological polar surface area (TPSA) is 94.1 Å². The molecule has 1 heterocycles. The molecule has 0 saturated carbocycles. The minimum absolute atomic E-state index is 0.128. The minimum atomic E-state index is -0.512. The molecule has 2 aromatic carbocycles. The summed E-state index contributed by atoms with van der Waals surface area (Å²) in [4.78, 5) is 10.4. The van der Waals surface area contributed by atoms with Gasteiger partial charge in [0.2, 0.25) is 5.52 Å². The number of nitro benzene ring substituents is 1. The molecule has 0 saturated heterocycles. The maximum absolute atomic E-state index is 10.9. The molecule has 7 nitrogen and oxygen atoms in total. The van der Waals surface area contributed by atoms with Crippen LogP contribution in [0.25, 0.3) is 11.0 Å². The first-order valence-corrected chi connectivity index (χ1v) is 6.91. The molecular formula is C14H11ClN4O3. The molecule has 3 rings (SSSR count). The Morgan fingerprint density at radius 3 is 2.82 bits per heavy atom. The summed E-state index contributed by atoms with van der Waals surface area (Å²) in [6.45, 7) is 0.625. The van der Waals surface area contributed by atoms with Crippen molar-refractivity contribution in [3.63, 3.8) is 0 Å². The Labute approximate surface area is 130 Å². The number of nitrogens with zero attached hydrogens (tertiary/aromatic N) is 3. The summed E-state index contributed by atoms with van der Waals surface area (Å²) in [5.41, 5.74) is 2.09. The number of fused-ring (bicyclic) bond motifs is 1. The number of rotatable bonds is 5. The molecule has 0 radical (unpaired) electrons. The lowest BCUT2D eigenvalue weighted by atomic mass is 10.1. The van der Waals surface area contributed by atoms with Crippen LogP contribution < -0.4 is 5.32 Å². The van der Waals surface area contributed by atoms with Crippen molar-refractivity contribution in [1.82, 2.24) is 10.3 Å². The van der Waals surface area contributed by atoms with E-state index in [1.807, 2.05) is 24.3 Å². The summed E-state index contributed by atoms with van der Waals surface area (Å²) in [6, 6.07) is 10.6. The maximum atomic E-state index is 10.9. The number of benzene rings is 2. The van der Waals surface area contributed by atoms with Crippen molar-refractivity contribution in [1.29, 1.82) is 0 Å². The number of nitrogens with one attached hydrogen (secondary N) is 1. The van der Waals surface area contributed by atoms with Crippen LogP contribution in [-0.4, -0.2) is 21.8 Å². The molecule has 22 heavy (non-hydrogen) atoms. The second-order valence-corrected chi connectivity index (χ2v) is 5.09. The molecule has 112 valence electrons. The summed E-state index contributed by atoms with van der Waals surface area (Å²) >= 11 is 5.94. The zero-order valence-corrected chi connectivity index (χ0v) is 12.1. The average molecular weight is 319 g/mol. The zero-order chi connectivity index (χ0) is 15.5. The molecular weight excluding hydrogens is 308 g/mol. The van der Waals surface area contributed by atoms with E-state index in [2.05, 4.69) is 20.3 Å². The van der Waals surface area contributed by atoms with E-state index >= 15 is 0 Å². The average Bonchev–Trinajstić information content (AvgIpc) is 2.96. The van der Waals surface area contributed by atoms with Gasteiger partial charge in [-0.15, -0.1) is 0 Å². The number of aromatic nitrogens is 2. The molecule has 1 N–H and O–H groups in total. The van der Waals surface area contributed by atoms with Gasteiger partial charge in [-0.25, -0.2) is 4.63 Å². The molecule has 0 aliphatic heterocycles. The number of halogens is 1. The fraction of sp³-hybridized carbons (Fsp3) is 0.143. The smallest absolute Gasteiger partial charge is 0.300 e.